The number of aryl methyl sites for hydroxylation is 2. The van der Waals surface area contributed by atoms with Crippen LogP contribution in [0.15, 0.2) is 249 Å². The van der Waals surface area contributed by atoms with Crippen molar-refractivity contribution >= 4 is 11.6 Å². The number of aromatic nitrogens is 2. The fourth-order valence-electron chi connectivity index (χ4n) is 9.54. The number of hydrogen-bond donors (Lipinski definition) is 0. The lowest BCUT2D eigenvalue weighted by Crippen LogP contribution is -1.91. The van der Waals surface area contributed by atoms with Gasteiger partial charge in [0.25, 0.3) is 0 Å². The van der Waals surface area contributed by atoms with Gasteiger partial charge in [0.05, 0.1) is 11.4 Å². The number of nitrogens with zero attached hydrogens (tertiary/aromatic N) is 2. The number of hydrogen-bond acceptors (Lipinski definition) is 2. The SMILES string of the molecule is Cc1cc(-c2ccc(-c3ccccc3-c3cc(Cl)cc(-c4ccccc4-c4ccc(-c5cc(C)c(-c6cccc(-c7ccccc7)c6)cn5)cc4)c3)cc2)ncc1-c1cccc(-c2ccccc2)c1. The van der Waals surface area contributed by atoms with Crippen molar-refractivity contribution in [2.75, 3.05) is 0 Å². The second-order valence-corrected chi connectivity index (χ2v) is 18.1. The van der Waals surface area contributed by atoms with Crippen LogP contribution in [0.2, 0.25) is 5.02 Å². The molecule has 0 spiro atoms. The monoisotopic (exact) mass is 902 g/mol. The molecule has 69 heavy (non-hydrogen) atoms. The molecule has 0 N–H and O–H groups in total. The van der Waals surface area contributed by atoms with Crippen LogP contribution >= 0.6 is 11.6 Å². The Morgan fingerprint density at radius 1 is 0.246 bits per heavy atom. The maximum Gasteiger partial charge on any atom is 0.0705 e. The molecule has 0 bridgehead atoms. The van der Waals surface area contributed by atoms with E-state index in [2.05, 4.69) is 250 Å². The van der Waals surface area contributed by atoms with Crippen molar-refractivity contribution in [2.24, 2.45) is 0 Å². The van der Waals surface area contributed by atoms with Gasteiger partial charge in [0.2, 0.25) is 0 Å². The maximum absolute atomic E-state index is 7.01. The fourth-order valence-corrected chi connectivity index (χ4v) is 9.78. The summed E-state index contributed by atoms with van der Waals surface area (Å²) in [6.07, 6.45) is 4.01. The summed E-state index contributed by atoms with van der Waals surface area (Å²) < 4.78 is 0. The molecule has 0 amide bonds. The third-order valence-corrected chi connectivity index (χ3v) is 13.4. The standard InChI is InChI=1S/C66H47ClN2/c1-44-35-65(68-42-63(44)54-21-13-19-52(37-54)46-15-5-3-6-16-46)50-31-27-48(28-32-50)59-23-9-11-25-61(59)56-39-57(41-58(67)40-56)62-26-12-10-24-60(62)49-29-33-51(34-30-49)66-36-45(2)64(43-69-66)55-22-14-20-53(38-55)47-17-7-4-8-18-47/h3-43H,1-2H3. The molecule has 0 aliphatic heterocycles. The predicted octanol–water partition coefficient (Wildman–Crippen LogP) is 18.4. The van der Waals surface area contributed by atoms with Gasteiger partial charge < -0.3 is 0 Å². The van der Waals surface area contributed by atoms with Crippen molar-refractivity contribution < 1.29 is 0 Å². The number of halogens is 1. The van der Waals surface area contributed by atoms with Crippen LogP contribution in [0.4, 0.5) is 0 Å². The summed E-state index contributed by atoms with van der Waals surface area (Å²) in [6.45, 7) is 4.33. The first kappa shape index (κ1) is 43.2. The molecule has 0 radical (unpaired) electrons. The lowest BCUT2D eigenvalue weighted by Gasteiger charge is -2.15. The second kappa shape index (κ2) is 19.1. The van der Waals surface area contributed by atoms with Crippen LogP contribution in [0.5, 0.6) is 0 Å². The Labute approximate surface area is 409 Å². The molecular weight excluding hydrogens is 856 g/mol. The molecule has 0 saturated carbocycles. The van der Waals surface area contributed by atoms with Gasteiger partial charge in [0.15, 0.2) is 0 Å². The minimum Gasteiger partial charge on any atom is -0.256 e. The van der Waals surface area contributed by atoms with Gasteiger partial charge >= 0.3 is 0 Å². The van der Waals surface area contributed by atoms with Gasteiger partial charge in [-0.15, -0.1) is 0 Å². The molecule has 0 aliphatic rings. The predicted molar refractivity (Wildman–Crippen MR) is 291 cm³/mol. The van der Waals surface area contributed by atoms with Crippen LogP contribution in [0.3, 0.4) is 0 Å². The zero-order valence-corrected chi connectivity index (χ0v) is 39.2. The van der Waals surface area contributed by atoms with E-state index < -0.39 is 0 Å². The number of rotatable bonds is 10. The lowest BCUT2D eigenvalue weighted by molar-refractivity contribution is 1.29. The molecule has 2 heterocycles. The average molecular weight is 904 g/mol. The van der Waals surface area contributed by atoms with Crippen LogP contribution in [0.25, 0.3) is 112 Å². The van der Waals surface area contributed by atoms with Gasteiger partial charge in [-0.05, 0) is 145 Å². The van der Waals surface area contributed by atoms with Gasteiger partial charge in [-0.1, -0.05) is 206 Å². The van der Waals surface area contributed by atoms with Crippen LogP contribution in [0.1, 0.15) is 11.1 Å². The Kier molecular flexibility index (Phi) is 11.9. The average Bonchev–Trinajstić information content (AvgIpc) is 3.41. The molecule has 9 aromatic carbocycles. The third kappa shape index (κ3) is 9.07. The van der Waals surface area contributed by atoms with Crippen molar-refractivity contribution in [2.45, 2.75) is 13.8 Å². The van der Waals surface area contributed by atoms with Crippen LogP contribution in [-0.2, 0) is 0 Å². The molecule has 0 aliphatic carbocycles. The van der Waals surface area contributed by atoms with E-state index in [1.807, 2.05) is 12.4 Å². The molecule has 2 aromatic heterocycles. The maximum atomic E-state index is 7.01. The van der Waals surface area contributed by atoms with Crippen molar-refractivity contribution in [3.63, 3.8) is 0 Å². The van der Waals surface area contributed by atoms with E-state index in [-0.39, 0.29) is 0 Å². The van der Waals surface area contributed by atoms with Crippen molar-refractivity contribution in [1.29, 1.82) is 0 Å². The van der Waals surface area contributed by atoms with E-state index in [9.17, 15) is 0 Å². The molecule has 11 aromatic rings. The Bertz CT molecular complexity index is 3380. The van der Waals surface area contributed by atoms with Crippen LogP contribution in [0, 0.1) is 13.8 Å². The molecule has 328 valence electrons. The minimum absolute atomic E-state index is 0.686. The molecule has 11 rings (SSSR count). The highest BCUT2D eigenvalue weighted by Crippen LogP contribution is 2.40. The number of pyridine rings is 2. The molecular formula is C66H47ClN2. The van der Waals surface area contributed by atoms with E-state index >= 15 is 0 Å². The zero-order valence-electron chi connectivity index (χ0n) is 38.4. The summed E-state index contributed by atoms with van der Waals surface area (Å²) in [6, 6.07) is 83.8. The topological polar surface area (TPSA) is 25.8 Å². The van der Waals surface area contributed by atoms with Crippen molar-refractivity contribution in [3.8, 4) is 112 Å². The van der Waals surface area contributed by atoms with Crippen molar-refractivity contribution in [3.05, 3.63) is 265 Å². The van der Waals surface area contributed by atoms with Crippen molar-refractivity contribution in [1.82, 2.24) is 9.97 Å². The first-order chi connectivity index (χ1) is 33.9. The summed E-state index contributed by atoms with van der Waals surface area (Å²) >= 11 is 7.01. The van der Waals surface area contributed by atoms with Gasteiger partial charge in [0.1, 0.15) is 0 Å². The highest BCUT2D eigenvalue weighted by Gasteiger charge is 2.15. The van der Waals surface area contributed by atoms with E-state index in [0.29, 0.717) is 5.02 Å². The Hall–Kier alpha value is -8.43. The Morgan fingerprint density at radius 2 is 0.565 bits per heavy atom. The molecule has 0 unspecified atom stereocenters. The highest BCUT2D eigenvalue weighted by molar-refractivity contribution is 6.31. The highest BCUT2D eigenvalue weighted by atomic mass is 35.5. The Morgan fingerprint density at radius 3 is 0.957 bits per heavy atom. The fraction of sp³-hybridized carbons (Fsp3) is 0.0303. The lowest BCUT2D eigenvalue weighted by atomic mass is 9.90. The van der Waals surface area contributed by atoms with Gasteiger partial charge in [-0.3, -0.25) is 9.97 Å². The summed E-state index contributed by atoms with van der Waals surface area (Å²) in [4.78, 5) is 9.92. The number of benzene rings is 9. The quantitative estimate of drug-likeness (QED) is 0.137. The van der Waals surface area contributed by atoms with Crippen LogP contribution < -0.4 is 0 Å². The molecule has 3 heteroatoms. The van der Waals surface area contributed by atoms with E-state index in [0.717, 1.165) is 89.3 Å². The largest absolute Gasteiger partial charge is 0.256 e. The molecule has 0 saturated heterocycles. The molecule has 2 nitrogen and oxygen atoms in total. The normalized spacial score (nSPS) is 11.1. The summed E-state index contributed by atoms with van der Waals surface area (Å²) in [5, 5.41) is 0.686. The summed E-state index contributed by atoms with van der Waals surface area (Å²) in [7, 11) is 0. The first-order valence-corrected chi connectivity index (χ1v) is 23.8. The summed E-state index contributed by atoms with van der Waals surface area (Å²) in [5.41, 5.74) is 24.7. The Balaban J connectivity index is 0.841. The van der Waals surface area contributed by atoms with E-state index in [1.54, 1.807) is 0 Å². The first-order valence-electron chi connectivity index (χ1n) is 23.4. The van der Waals surface area contributed by atoms with Gasteiger partial charge in [-0.25, -0.2) is 0 Å². The smallest absolute Gasteiger partial charge is 0.0705 e. The summed E-state index contributed by atoms with van der Waals surface area (Å²) in [5.74, 6) is 0. The van der Waals surface area contributed by atoms with E-state index in [1.165, 1.54) is 33.4 Å². The molecule has 0 fully saturated rings. The van der Waals surface area contributed by atoms with E-state index in [4.69, 9.17) is 21.6 Å². The van der Waals surface area contributed by atoms with Gasteiger partial charge in [0, 0.05) is 39.7 Å². The van der Waals surface area contributed by atoms with Crippen LogP contribution in [-0.4, -0.2) is 9.97 Å². The van der Waals surface area contributed by atoms with Gasteiger partial charge in [-0.2, -0.15) is 0 Å². The zero-order chi connectivity index (χ0) is 46.7. The second-order valence-electron chi connectivity index (χ2n) is 17.6. The third-order valence-electron chi connectivity index (χ3n) is 13.1. The minimum atomic E-state index is 0.686. The molecule has 0 atom stereocenters.